The van der Waals surface area contributed by atoms with Crippen LogP contribution in [0.1, 0.15) is 116 Å². The number of hydrogen-bond acceptors (Lipinski definition) is 1. The van der Waals surface area contributed by atoms with Gasteiger partial charge in [-0.3, -0.25) is 4.79 Å². The molecule has 0 heterocycles. The van der Waals surface area contributed by atoms with Crippen LogP contribution in [0.4, 0.5) is 0 Å². The molecular weight excluding hydrogens is 282 g/mol. The van der Waals surface area contributed by atoms with Crippen molar-refractivity contribution in [2.45, 2.75) is 116 Å². The van der Waals surface area contributed by atoms with Crippen molar-refractivity contribution in [1.29, 1.82) is 0 Å². The van der Waals surface area contributed by atoms with Gasteiger partial charge in [0.25, 0.3) is 0 Å². The normalized spacial score (nSPS) is 10.9. The summed E-state index contributed by atoms with van der Waals surface area (Å²) < 4.78 is 0. The fraction of sp³-hybridized carbons (Fsp3) is 0.905. The van der Waals surface area contributed by atoms with Crippen LogP contribution in [0, 0.1) is 6.92 Å². The minimum atomic E-state index is 0.158. The topological polar surface area (TPSA) is 29.1 Å². The van der Waals surface area contributed by atoms with Crippen molar-refractivity contribution >= 4 is 5.91 Å². The molecule has 1 amide bonds. The van der Waals surface area contributed by atoms with Crippen molar-refractivity contribution in [2.75, 3.05) is 6.54 Å². The van der Waals surface area contributed by atoms with Crippen LogP contribution in [0.5, 0.6) is 0 Å². The van der Waals surface area contributed by atoms with Crippen LogP contribution in [-0.2, 0) is 4.79 Å². The maximum atomic E-state index is 11.2. The Morgan fingerprint density at radius 2 is 1.00 bits per heavy atom. The molecule has 0 aromatic carbocycles. The summed E-state index contributed by atoms with van der Waals surface area (Å²) in [5, 5.41) is 2.75. The van der Waals surface area contributed by atoms with E-state index in [4.69, 9.17) is 0 Å². The predicted molar refractivity (Wildman–Crippen MR) is 103 cm³/mol. The van der Waals surface area contributed by atoms with Gasteiger partial charge in [0.2, 0.25) is 5.91 Å². The second kappa shape index (κ2) is 19.5. The molecule has 0 unspecified atom stereocenters. The highest BCUT2D eigenvalue weighted by molar-refractivity contribution is 5.75. The summed E-state index contributed by atoms with van der Waals surface area (Å²) in [5.41, 5.74) is 0. The molecule has 0 fully saturated rings. The van der Waals surface area contributed by atoms with Gasteiger partial charge in [-0.1, -0.05) is 103 Å². The molecule has 1 radical (unpaired) electrons. The van der Waals surface area contributed by atoms with Crippen LogP contribution in [0.3, 0.4) is 0 Å². The largest absolute Gasteiger partial charge is 0.356 e. The highest BCUT2D eigenvalue weighted by Gasteiger charge is 1.98. The highest BCUT2D eigenvalue weighted by Crippen LogP contribution is 2.13. The third kappa shape index (κ3) is 19.4. The van der Waals surface area contributed by atoms with Gasteiger partial charge in [-0.15, -0.1) is 0 Å². The van der Waals surface area contributed by atoms with Crippen LogP contribution in [0.2, 0.25) is 0 Å². The Labute approximate surface area is 146 Å². The van der Waals surface area contributed by atoms with Gasteiger partial charge >= 0.3 is 0 Å². The van der Waals surface area contributed by atoms with E-state index in [1.54, 1.807) is 0 Å². The lowest BCUT2D eigenvalue weighted by Gasteiger charge is -2.04. The summed E-state index contributed by atoms with van der Waals surface area (Å²) in [6, 6.07) is 0. The van der Waals surface area contributed by atoms with E-state index < -0.39 is 0 Å². The summed E-state index contributed by atoms with van der Waals surface area (Å²) in [6.07, 6.45) is 22.6. The molecule has 0 aliphatic carbocycles. The molecule has 0 aliphatic rings. The van der Waals surface area contributed by atoms with Crippen molar-refractivity contribution in [3.8, 4) is 0 Å². The van der Waals surface area contributed by atoms with E-state index >= 15 is 0 Å². The van der Waals surface area contributed by atoms with Gasteiger partial charge in [0.15, 0.2) is 0 Å². The molecule has 0 aliphatic heterocycles. The first-order valence-corrected chi connectivity index (χ1v) is 10.4. The molecule has 0 aromatic rings. The Hall–Kier alpha value is -0.530. The maximum Gasteiger partial charge on any atom is 0.219 e. The molecule has 0 aromatic heterocycles. The first-order chi connectivity index (χ1) is 11.3. The second-order valence-electron chi connectivity index (χ2n) is 6.90. The monoisotopic (exact) mass is 324 g/mol. The van der Waals surface area contributed by atoms with Crippen molar-refractivity contribution in [3.63, 3.8) is 0 Å². The number of hydrogen-bond donors (Lipinski definition) is 1. The molecule has 0 saturated carbocycles. The fourth-order valence-electron chi connectivity index (χ4n) is 3.06. The molecule has 23 heavy (non-hydrogen) atoms. The third-order valence-electron chi connectivity index (χ3n) is 4.58. The summed E-state index contributed by atoms with van der Waals surface area (Å²) in [6.45, 7) is 6.41. The Morgan fingerprint density at radius 3 is 1.35 bits per heavy atom. The molecular formula is C21H42NO. The van der Waals surface area contributed by atoms with Crippen LogP contribution >= 0.6 is 0 Å². The number of nitrogens with one attached hydrogen (secondary N) is 1. The fourth-order valence-corrected chi connectivity index (χ4v) is 3.06. The summed E-state index contributed by atoms with van der Waals surface area (Å²) in [4.78, 5) is 11.2. The zero-order chi connectivity index (χ0) is 17.0. The van der Waals surface area contributed by atoms with Crippen molar-refractivity contribution in [2.24, 2.45) is 0 Å². The van der Waals surface area contributed by atoms with Gasteiger partial charge in [0.05, 0.1) is 0 Å². The van der Waals surface area contributed by atoms with E-state index in [1.165, 1.54) is 96.3 Å². The van der Waals surface area contributed by atoms with Gasteiger partial charge in [-0.05, 0) is 13.3 Å². The molecule has 0 bridgehead atoms. The lowest BCUT2D eigenvalue weighted by molar-refractivity contribution is -0.121. The van der Waals surface area contributed by atoms with E-state index in [9.17, 15) is 4.79 Å². The third-order valence-corrected chi connectivity index (χ3v) is 4.58. The first kappa shape index (κ1) is 22.5. The molecule has 0 saturated heterocycles. The maximum absolute atomic E-state index is 11.2. The first-order valence-electron chi connectivity index (χ1n) is 10.4. The van der Waals surface area contributed by atoms with Gasteiger partial charge in [0, 0.05) is 13.0 Å². The average Bonchev–Trinajstić information content (AvgIpc) is 2.54. The number of rotatable bonds is 18. The Balaban J connectivity index is 3.01. The zero-order valence-corrected chi connectivity index (χ0v) is 15.8. The molecule has 0 spiro atoms. The number of amides is 1. The average molecular weight is 325 g/mol. The van der Waals surface area contributed by atoms with Crippen molar-refractivity contribution in [3.05, 3.63) is 6.92 Å². The highest BCUT2D eigenvalue weighted by atomic mass is 16.1. The van der Waals surface area contributed by atoms with Gasteiger partial charge in [0.1, 0.15) is 0 Å². The van der Waals surface area contributed by atoms with Crippen LogP contribution in [0.25, 0.3) is 0 Å². The molecule has 2 heteroatoms. The van der Waals surface area contributed by atoms with E-state index in [0.717, 1.165) is 6.42 Å². The molecule has 137 valence electrons. The Kier molecular flexibility index (Phi) is 19.1. The zero-order valence-electron chi connectivity index (χ0n) is 15.8. The van der Waals surface area contributed by atoms with Gasteiger partial charge < -0.3 is 5.32 Å². The Bertz CT molecular complexity index is 240. The molecule has 2 nitrogen and oxygen atoms in total. The molecule has 1 N–H and O–H groups in total. The quantitative estimate of drug-likeness (QED) is 0.283. The molecule has 0 rings (SSSR count). The summed E-state index contributed by atoms with van der Waals surface area (Å²) >= 11 is 0. The number of carbonyl (C=O) groups is 1. The number of unbranched alkanes of at least 4 members (excludes halogenated alkanes) is 15. The lowest BCUT2D eigenvalue weighted by atomic mass is 10.0. The van der Waals surface area contributed by atoms with Crippen molar-refractivity contribution in [1.82, 2.24) is 5.32 Å². The smallest absolute Gasteiger partial charge is 0.219 e. The minimum Gasteiger partial charge on any atom is -0.356 e. The van der Waals surface area contributed by atoms with Gasteiger partial charge in [-0.25, -0.2) is 0 Å². The standard InChI is InChI=1S/C21H42NO/c1-3-5-6-7-8-9-10-11-12-13-14-15-16-17-18-19-20-21(23)22-4-2/h2-20H2,1H3,(H,22,23). The van der Waals surface area contributed by atoms with E-state index in [1.807, 2.05) is 0 Å². The second-order valence-corrected chi connectivity index (χ2v) is 6.90. The van der Waals surface area contributed by atoms with Crippen LogP contribution in [-0.4, -0.2) is 12.5 Å². The predicted octanol–water partition coefficient (Wildman–Crippen LogP) is 6.59. The summed E-state index contributed by atoms with van der Waals surface area (Å²) in [7, 11) is 0. The van der Waals surface area contributed by atoms with Gasteiger partial charge in [-0.2, -0.15) is 0 Å². The summed E-state index contributed by atoms with van der Waals surface area (Å²) in [5.74, 6) is 0.158. The van der Waals surface area contributed by atoms with E-state index in [-0.39, 0.29) is 5.91 Å². The number of carbonyl (C=O) groups excluding carboxylic acids is 1. The lowest BCUT2D eigenvalue weighted by Crippen LogP contribution is -2.22. The van der Waals surface area contributed by atoms with Crippen LogP contribution in [0.15, 0.2) is 0 Å². The van der Waals surface area contributed by atoms with E-state index in [2.05, 4.69) is 19.2 Å². The molecule has 0 atom stereocenters. The van der Waals surface area contributed by atoms with E-state index in [0.29, 0.717) is 13.0 Å². The van der Waals surface area contributed by atoms with Crippen LogP contribution < -0.4 is 5.32 Å². The minimum absolute atomic E-state index is 0.158. The van der Waals surface area contributed by atoms with Crippen molar-refractivity contribution < 1.29 is 4.79 Å². The SMILES string of the molecule is [CH2]CNC(=O)CCCCCCCCCCCCCCCCCC. The Morgan fingerprint density at radius 1 is 0.652 bits per heavy atom.